The van der Waals surface area contributed by atoms with Crippen molar-refractivity contribution in [3.8, 4) is 0 Å². The minimum atomic E-state index is -0.00800. The standard InChI is InChI=1S/C16H21N3OS/c1-11-6-8-14(21-11)12(2)19(5)16(20)13-7-9-15(17-10-13)18(3)4/h6-10,12H,1-5H3/t12-/m0/s1. The third-order valence-electron chi connectivity index (χ3n) is 3.53. The number of pyridine rings is 1. The van der Waals surface area contributed by atoms with Crippen molar-refractivity contribution in [3.63, 3.8) is 0 Å². The summed E-state index contributed by atoms with van der Waals surface area (Å²) in [6.45, 7) is 4.12. The van der Waals surface area contributed by atoms with Gasteiger partial charge in [-0.05, 0) is 38.1 Å². The summed E-state index contributed by atoms with van der Waals surface area (Å²) in [7, 11) is 5.69. The molecule has 0 aliphatic heterocycles. The highest BCUT2D eigenvalue weighted by atomic mass is 32.1. The van der Waals surface area contributed by atoms with Crippen LogP contribution in [0.2, 0.25) is 0 Å². The summed E-state index contributed by atoms with van der Waals surface area (Å²) in [5.41, 5.74) is 0.614. The first-order chi connectivity index (χ1) is 9.90. The number of nitrogens with zero attached hydrogens (tertiary/aromatic N) is 3. The summed E-state index contributed by atoms with van der Waals surface area (Å²) >= 11 is 1.73. The van der Waals surface area contributed by atoms with Gasteiger partial charge in [-0.2, -0.15) is 0 Å². The molecule has 21 heavy (non-hydrogen) atoms. The quantitative estimate of drug-likeness (QED) is 0.869. The predicted octanol–water partition coefficient (Wildman–Crippen LogP) is 3.35. The lowest BCUT2D eigenvalue weighted by Crippen LogP contribution is -2.29. The second kappa shape index (κ2) is 6.26. The van der Waals surface area contributed by atoms with Gasteiger partial charge in [-0.25, -0.2) is 4.98 Å². The molecule has 2 aromatic rings. The van der Waals surface area contributed by atoms with Gasteiger partial charge in [0, 0.05) is 37.1 Å². The van der Waals surface area contributed by atoms with Crippen LogP contribution < -0.4 is 4.90 Å². The summed E-state index contributed by atoms with van der Waals surface area (Å²) < 4.78 is 0. The highest BCUT2D eigenvalue weighted by Gasteiger charge is 2.20. The molecule has 1 amide bonds. The lowest BCUT2D eigenvalue weighted by molar-refractivity contribution is 0.0744. The van der Waals surface area contributed by atoms with E-state index in [-0.39, 0.29) is 11.9 Å². The summed E-state index contributed by atoms with van der Waals surface area (Å²) in [5.74, 6) is 0.836. The van der Waals surface area contributed by atoms with Crippen LogP contribution in [0.5, 0.6) is 0 Å². The first-order valence-electron chi connectivity index (χ1n) is 6.87. The number of hydrogen-bond donors (Lipinski definition) is 0. The smallest absolute Gasteiger partial charge is 0.255 e. The molecule has 2 aromatic heterocycles. The van der Waals surface area contributed by atoms with Crippen molar-refractivity contribution in [1.29, 1.82) is 0 Å². The maximum atomic E-state index is 12.5. The SMILES string of the molecule is Cc1ccc([C@H](C)N(C)C(=O)c2ccc(N(C)C)nc2)s1. The van der Waals surface area contributed by atoms with Gasteiger partial charge in [-0.3, -0.25) is 4.79 Å². The monoisotopic (exact) mass is 303 g/mol. The number of thiophene rings is 1. The summed E-state index contributed by atoms with van der Waals surface area (Å²) in [6.07, 6.45) is 1.64. The van der Waals surface area contributed by atoms with Crippen LogP contribution in [-0.4, -0.2) is 36.9 Å². The fourth-order valence-electron chi connectivity index (χ4n) is 2.03. The van der Waals surface area contributed by atoms with Gasteiger partial charge in [-0.1, -0.05) is 0 Å². The first-order valence-corrected chi connectivity index (χ1v) is 7.68. The molecule has 112 valence electrons. The zero-order chi connectivity index (χ0) is 15.6. The Balaban J connectivity index is 2.15. The average Bonchev–Trinajstić information content (AvgIpc) is 2.91. The van der Waals surface area contributed by atoms with E-state index in [0.29, 0.717) is 5.56 Å². The number of anilines is 1. The highest BCUT2D eigenvalue weighted by molar-refractivity contribution is 7.12. The molecule has 0 N–H and O–H groups in total. The molecule has 0 aliphatic rings. The van der Waals surface area contributed by atoms with Crippen LogP contribution in [0.3, 0.4) is 0 Å². The van der Waals surface area contributed by atoms with E-state index < -0.39 is 0 Å². The molecule has 0 bridgehead atoms. The second-order valence-electron chi connectivity index (χ2n) is 5.34. The number of aryl methyl sites for hydroxylation is 1. The van der Waals surface area contributed by atoms with E-state index in [9.17, 15) is 4.79 Å². The van der Waals surface area contributed by atoms with Crippen LogP contribution >= 0.6 is 11.3 Å². The Morgan fingerprint density at radius 2 is 1.90 bits per heavy atom. The van der Waals surface area contributed by atoms with Gasteiger partial charge in [0.1, 0.15) is 5.82 Å². The van der Waals surface area contributed by atoms with E-state index in [1.807, 2.05) is 45.1 Å². The van der Waals surface area contributed by atoms with E-state index in [0.717, 1.165) is 5.82 Å². The van der Waals surface area contributed by atoms with Crippen LogP contribution in [0.15, 0.2) is 30.5 Å². The van der Waals surface area contributed by atoms with Crippen LogP contribution in [0.1, 0.15) is 33.1 Å². The van der Waals surface area contributed by atoms with Crippen molar-refractivity contribution in [2.75, 3.05) is 26.0 Å². The molecule has 5 heteroatoms. The van der Waals surface area contributed by atoms with Crippen LogP contribution in [0.4, 0.5) is 5.82 Å². The molecule has 0 aliphatic carbocycles. The Hall–Kier alpha value is -1.88. The molecule has 0 fully saturated rings. The fourth-order valence-corrected chi connectivity index (χ4v) is 3.00. The zero-order valence-electron chi connectivity index (χ0n) is 13.1. The molecule has 1 atom stereocenters. The molecule has 0 saturated heterocycles. The zero-order valence-corrected chi connectivity index (χ0v) is 13.9. The Kier molecular flexibility index (Phi) is 4.63. The van der Waals surface area contributed by atoms with Gasteiger partial charge in [0.25, 0.3) is 5.91 Å². The molecular formula is C16H21N3OS. The van der Waals surface area contributed by atoms with Gasteiger partial charge < -0.3 is 9.80 Å². The third kappa shape index (κ3) is 3.42. The maximum absolute atomic E-state index is 12.5. The molecule has 2 rings (SSSR count). The van der Waals surface area contributed by atoms with Crippen molar-refractivity contribution in [3.05, 3.63) is 45.8 Å². The van der Waals surface area contributed by atoms with Crippen molar-refractivity contribution in [1.82, 2.24) is 9.88 Å². The van der Waals surface area contributed by atoms with E-state index in [1.165, 1.54) is 9.75 Å². The summed E-state index contributed by atoms with van der Waals surface area (Å²) in [5, 5.41) is 0. The molecule has 0 unspecified atom stereocenters. The minimum Gasteiger partial charge on any atom is -0.363 e. The minimum absolute atomic E-state index is 0.00800. The Morgan fingerprint density at radius 1 is 1.19 bits per heavy atom. The van der Waals surface area contributed by atoms with E-state index in [2.05, 4.69) is 24.0 Å². The number of carbonyl (C=O) groups is 1. The topological polar surface area (TPSA) is 36.4 Å². The van der Waals surface area contributed by atoms with Gasteiger partial charge in [0.2, 0.25) is 0 Å². The first kappa shape index (κ1) is 15.5. The number of carbonyl (C=O) groups excluding carboxylic acids is 1. The molecule has 2 heterocycles. The van der Waals surface area contributed by atoms with Crippen LogP contribution in [0, 0.1) is 6.92 Å². The van der Waals surface area contributed by atoms with Crippen LogP contribution in [-0.2, 0) is 0 Å². The number of aromatic nitrogens is 1. The molecular weight excluding hydrogens is 282 g/mol. The fraction of sp³-hybridized carbons (Fsp3) is 0.375. The average molecular weight is 303 g/mol. The summed E-state index contributed by atoms with van der Waals surface area (Å²) in [4.78, 5) is 23.0. The van der Waals surface area contributed by atoms with Crippen molar-refractivity contribution in [2.24, 2.45) is 0 Å². The lowest BCUT2D eigenvalue weighted by atomic mass is 10.2. The van der Waals surface area contributed by atoms with E-state index in [4.69, 9.17) is 0 Å². The van der Waals surface area contributed by atoms with Gasteiger partial charge in [0.15, 0.2) is 0 Å². The molecule has 0 radical (unpaired) electrons. The van der Waals surface area contributed by atoms with E-state index in [1.54, 1.807) is 22.4 Å². The highest BCUT2D eigenvalue weighted by Crippen LogP contribution is 2.27. The largest absolute Gasteiger partial charge is 0.363 e. The van der Waals surface area contributed by atoms with Crippen molar-refractivity contribution >= 4 is 23.1 Å². The van der Waals surface area contributed by atoms with Crippen molar-refractivity contribution in [2.45, 2.75) is 19.9 Å². The number of rotatable bonds is 4. The number of hydrogen-bond acceptors (Lipinski definition) is 4. The molecule has 0 aromatic carbocycles. The Bertz CT molecular complexity index is 619. The van der Waals surface area contributed by atoms with Crippen LogP contribution in [0.25, 0.3) is 0 Å². The van der Waals surface area contributed by atoms with Gasteiger partial charge in [0.05, 0.1) is 11.6 Å². The predicted molar refractivity (Wildman–Crippen MR) is 88.1 cm³/mol. The number of amides is 1. The Labute approximate surface area is 130 Å². The van der Waals surface area contributed by atoms with Crippen molar-refractivity contribution < 1.29 is 4.79 Å². The maximum Gasteiger partial charge on any atom is 0.255 e. The molecule has 4 nitrogen and oxygen atoms in total. The van der Waals surface area contributed by atoms with Gasteiger partial charge >= 0.3 is 0 Å². The Morgan fingerprint density at radius 3 is 2.38 bits per heavy atom. The molecule has 0 saturated carbocycles. The lowest BCUT2D eigenvalue weighted by Gasteiger charge is -2.24. The van der Waals surface area contributed by atoms with E-state index >= 15 is 0 Å². The normalized spacial score (nSPS) is 12.0. The summed E-state index contributed by atoms with van der Waals surface area (Å²) in [6, 6.07) is 7.92. The van der Waals surface area contributed by atoms with Gasteiger partial charge in [-0.15, -0.1) is 11.3 Å². The third-order valence-corrected chi connectivity index (χ3v) is 4.70. The molecule has 0 spiro atoms. The second-order valence-corrected chi connectivity index (χ2v) is 6.66.